The molecule has 1 aliphatic heterocycles. The van der Waals surface area contributed by atoms with Gasteiger partial charge >= 0.3 is 7.12 Å². The summed E-state index contributed by atoms with van der Waals surface area (Å²) in [5.74, 6) is 0.392. The van der Waals surface area contributed by atoms with Crippen molar-refractivity contribution in [2.75, 3.05) is 13.7 Å². The Morgan fingerprint density at radius 1 is 1.36 bits per heavy atom. The third-order valence-corrected chi connectivity index (χ3v) is 4.44. The van der Waals surface area contributed by atoms with E-state index in [-0.39, 0.29) is 0 Å². The van der Waals surface area contributed by atoms with Gasteiger partial charge in [0.15, 0.2) is 0 Å². The van der Waals surface area contributed by atoms with Crippen LogP contribution in [0.25, 0.3) is 6.08 Å². The lowest BCUT2D eigenvalue weighted by atomic mass is 9.77. The van der Waals surface area contributed by atoms with Crippen molar-refractivity contribution < 1.29 is 14.0 Å². The van der Waals surface area contributed by atoms with Gasteiger partial charge in [-0.05, 0) is 44.8 Å². The monoisotopic (exact) mass is 324 g/mol. The van der Waals surface area contributed by atoms with Gasteiger partial charge in [-0.25, -0.2) is 4.98 Å². The normalized spacial score (nSPS) is 20.3. The molecule has 0 bridgehead atoms. The number of pyridine rings is 1. The van der Waals surface area contributed by atoms with Gasteiger partial charge in [-0.1, -0.05) is 17.7 Å². The van der Waals surface area contributed by atoms with E-state index < -0.39 is 18.3 Å². The standard InChI is InChI=1S/C15H22BClN2O3/c1-14(2)15(3,4)22-16(21-14)11(8-18)6-10-7-12(17)13(20-5)19-9-10/h6-7,9H,8,18H2,1-5H3. The Balaban J connectivity index is 2.27. The van der Waals surface area contributed by atoms with Crippen molar-refractivity contribution in [1.82, 2.24) is 4.98 Å². The van der Waals surface area contributed by atoms with Crippen LogP contribution in [-0.4, -0.2) is 37.0 Å². The highest BCUT2D eigenvalue weighted by atomic mass is 35.5. The third kappa shape index (κ3) is 3.30. The molecule has 7 heteroatoms. The molecule has 0 aliphatic carbocycles. The first-order chi connectivity index (χ1) is 10.2. The summed E-state index contributed by atoms with van der Waals surface area (Å²) in [7, 11) is 1.05. The minimum Gasteiger partial charge on any atom is -0.480 e. The van der Waals surface area contributed by atoms with Crippen LogP contribution in [-0.2, 0) is 9.31 Å². The summed E-state index contributed by atoms with van der Waals surface area (Å²) in [6.45, 7) is 8.35. The molecule has 0 radical (unpaired) electrons. The molecule has 0 spiro atoms. The molecule has 2 N–H and O–H groups in total. The SMILES string of the molecule is COc1ncc(C=C(CN)B2OC(C)(C)C(C)(C)O2)cc1Cl. The molecule has 1 aromatic heterocycles. The number of aromatic nitrogens is 1. The van der Waals surface area contributed by atoms with Gasteiger partial charge in [0.2, 0.25) is 5.88 Å². The Bertz CT molecular complexity index is 574. The molecule has 0 saturated carbocycles. The van der Waals surface area contributed by atoms with E-state index in [1.54, 1.807) is 12.3 Å². The number of nitrogens with two attached hydrogens (primary N) is 1. The fraction of sp³-hybridized carbons (Fsp3) is 0.533. The van der Waals surface area contributed by atoms with Crippen LogP contribution in [0, 0.1) is 0 Å². The molecule has 0 aromatic carbocycles. The molecular formula is C15H22BClN2O3. The number of rotatable bonds is 4. The van der Waals surface area contributed by atoms with Crippen LogP contribution in [0.5, 0.6) is 5.88 Å². The van der Waals surface area contributed by atoms with E-state index >= 15 is 0 Å². The molecule has 0 amide bonds. The van der Waals surface area contributed by atoms with Crippen LogP contribution in [0.15, 0.2) is 17.7 Å². The van der Waals surface area contributed by atoms with Crippen LogP contribution in [0.3, 0.4) is 0 Å². The Kier molecular flexibility index (Phi) is 4.87. The summed E-state index contributed by atoms with van der Waals surface area (Å²) in [6.07, 6.45) is 3.56. The Morgan fingerprint density at radius 3 is 2.41 bits per heavy atom. The number of halogens is 1. The van der Waals surface area contributed by atoms with Crippen molar-refractivity contribution >= 4 is 24.8 Å². The van der Waals surface area contributed by atoms with Crippen LogP contribution in [0.1, 0.15) is 33.3 Å². The Morgan fingerprint density at radius 2 is 1.95 bits per heavy atom. The zero-order valence-corrected chi connectivity index (χ0v) is 14.4. The molecule has 1 aliphatic rings. The highest BCUT2D eigenvalue weighted by Gasteiger charge is 2.52. The molecular weight excluding hydrogens is 302 g/mol. The van der Waals surface area contributed by atoms with Gasteiger partial charge in [-0.2, -0.15) is 0 Å². The lowest BCUT2D eigenvalue weighted by Gasteiger charge is -2.32. The molecule has 1 aromatic rings. The first-order valence-corrected chi connectivity index (χ1v) is 7.53. The highest BCUT2D eigenvalue weighted by molar-refractivity contribution is 6.55. The van der Waals surface area contributed by atoms with E-state index in [4.69, 9.17) is 31.4 Å². The third-order valence-electron chi connectivity index (χ3n) is 4.17. The number of methoxy groups -OCH3 is 1. The minimum atomic E-state index is -0.476. The lowest BCUT2D eigenvalue weighted by Crippen LogP contribution is -2.41. The quantitative estimate of drug-likeness (QED) is 0.863. The second-order valence-electron chi connectivity index (χ2n) is 6.27. The highest BCUT2D eigenvalue weighted by Crippen LogP contribution is 2.38. The zero-order chi connectivity index (χ0) is 16.5. The van der Waals surface area contributed by atoms with Gasteiger partial charge in [-0.3, -0.25) is 0 Å². The second kappa shape index (κ2) is 6.20. The van der Waals surface area contributed by atoms with Crippen molar-refractivity contribution in [3.05, 3.63) is 28.3 Å². The molecule has 5 nitrogen and oxygen atoms in total. The fourth-order valence-corrected chi connectivity index (χ4v) is 2.35. The van der Waals surface area contributed by atoms with Gasteiger partial charge in [0.1, 0.15) is 5.02 Å². The first-order valence-electron chi connectivity index (χ1n) is 7.16. The maximum Gasteiger partial charge on any atom is 0.491 e. The van der Waals surface area contributed by atoms with Crippen molar-refractivity contribution in [1.29, 1.82) is 0 Å². The maximum absolute atomic E-state index is 6.10. The minimum absolute atomic E-state index is 0.320. The van der Waals surface area contributed by atoms with Gasteiger partial charge in [0.05, 0.1) is 18.3 Å². The molecule has 22 heavy (non-hydrogen) atoms. The van der Waals surface area contributed by atoms with E-state index in [0.29, 0.717) is 17.4 Å². The largest absolute Gasteiger partial charge is 0.491 e. The molecule has 0 atom stereocenters. The van der Waals surface area contributed by atoms with Gasteiger partial charge in [-0.15, -0.1) is 0 Å². The second-order valence-corrected chi connectivity index (χ2v) is 6.68. The predicted octanol–water partition coefficient (Wildman–Crippen LogP) is 2.72. The molecule has 1 saturated heterocycles. The van der Waals surface area contributed by atoms with E-state index in [1.807, 2.05) is 33.8 Å². The van der Waals surface area contributed by atoms with Crippen molar-refractivity contribution in [2.24, 2.45) is 5.73 Å². The van der Waals surface area contributed by atoms with Crippen LogP contribution in [0.4, 0.5) is 0 Å². The lowest BCUT2D eigenvalue weighted by molar-refractivity contribution is 0.00578. The van der Waals surface area contributed by atoms with E-state index in [0.717, 1.165) is 11.0 Å². The van der Waals surface area contributed by atoms with Crippen LogP contribution in [0.2, 0.25) is 5.02 Å². The van der Waals surface area contributed by atoms with E-state index in [1.165, 1.54) is 7.11 Å². The molecule has 0 unspecified atom stereocenters. The summed E-state index contributed by atoms with van der Waals surface area (Å²) < 4.78 is 17.1. The van der Waals surface area contributed by atoms with Crippen molar-refractivity contribution in [3.8, 4) is 5.88 Å². The molecule has 1 fully saturated rings. The van der Waals surface area contributed by atoms with Crippen LogP contribution < -0.4 is 10.5 Å². The topological polar surface area (TPSA) is 66.6 Å². The Hall–Kier alpha value is -1.08. The Labute approximate surface area is 136 Å². The summed E-state index contributed by atoms with van der Waals surface area (Å²) in [4.78, 5) is 4.15. The number of hydrogen-bond acceptors (Lipinski definition) is 5. The number of ether oxygens (including phenoxy) is 1. The average Bonchev–Trinajstić information content (AvgIpc) is 2.65. The zero-order valence-electron chi connectivity index (χ0n) is 13.6. The molecule has 2 heterocycles. The summed E-state index contributed by atoms with van der Waals surface area (Å²) in [6, 6.07) is 1.77. The number of hydrogen-bond donors (Lipinski definition) is 1. The smallest absolute Gasteiger partial charge is 0.480 e. The average molecular weight is 325 g/mol. The maximum atomic E-state index is 6.10. The van der Waals surface area contributed by atoms with Gasteiger partial charge in [0.25, 0.3) is 0 Å². The number of nitrogens with zero attached hydrogens (tertiary/aromatic N) is 1. The molecule has 120 valence electrons. The summed E-state index contributed by atoms with van der Waals surface area (Å²) in [5.41, 5.74) is 6.72. The van der Waals surface area contributed by atoms with E-state index in [2.05, 4.69) is 4.98 Å². The van der Waals surface area contributed by atoms with Gasteiger partial charge < -0.3 is 19.8 Å². The van der Waals surface area contributed by atoms with Crippen LogP contribution >= 0.6 is 11.6 Å². The van der Waals surface area contributed by atoms with Crippen molar-refractivity contribution in [3.63, 3.8) is 0 Å². The predicted molar refractivity (Wildman–Crippen MR) is 88.9 cm³/mol. The van der Waals surface area contributed by atoms with E-state index in [9.17, 15) is 0 Å². The fourth-order valence-electron chi connectivity index (χ4n) is 2.10. The molecule has 2 rings (SSSR count). The van der Waals surface area contributed by atoms with Crippen molar-refractivity contribution in [2.45, 2.75) is 38.9 Å². The van der Waals surface area contributed by atoms with Gasteiger partial charge in [0, 0.05) is 12.7 Å². The first kappa shape index (κ1) is 17.3. The summed E-state index contributed by atoms with van der Waals surface area (Å²) >= 11 is 6.10. The summed E-state index contributed by atoms with van der Waals surface area (Å²) in [5, 5.41) is 0.446.